The lowest BCUT2D eigenvalue weighted by Crippen LogP contribution is -2.52. The molecule has 3 amide bonds. The van der Waals surface area contributed by atoms with E-state index in [-0.39, 0.29) is 30.3 Å². The molecule has 1 saturated heterocycles. The van der Waals surface area contributed by atoms with Gasteiger partial charge in [-0.05, 0) is 36.3 Å². The monoisotopic (exact) mass is 473 g/mol. The molecule has 0 radical (unpaired) electrons. The summed E-state index contributed by atoms with van der Waals surface area (Å²) in [6, 6.07) is 4.81. The molecule has 4 aliphatic rings. The summed E-state index contributed by atoms with van der Waals surface area (Å²) in [5.74, 6) is -0.0634. The maximum atomic E-state index is 12.9. The van der Waals surface area contributed by atoms with E-state index in [0.29, 0.717) is 30.8 Å². The molecule has 178 valence electrons. The van der Waals surface area contributed by atoms with E-state index in [9.17, 15) is 14.4 Å². The second-order valence-electron chi connectivity index (χ2n) is 8.95. The van der Waals surface area contributed by atoms with E-state index >= 15 is 0 Å². The maximum absolute atomic E-state index is 12.9. The number of nitrogens with one attached hydrogen (secondary N) is 1. The summed E-state index contributed by atoms with van der Waals surface area (Å²) >= 11 is 0. The predicted molar refractivity (Wildman–Crippen MR) is 123 cm³/mol. The van der Waals surface area contributed by atoms with Crippen LogP contribution < -0.4 is 5.32 Å². The quantitative estimate of drug-likeness (QED) is 0.670. The number of nitrogens with zero attached hydrogens (tertiary/aromatic N) is 4. The van der Waals surface area contributed by atoms with Crippen molar-refractivity contribution >= 4 is 23.3 Å². The number of hydrogen-bond acceptors (Lipinski definition) is 7. The van der Waals surface area contributed by atoms with Crippen molar-refractivity contribution in [2.75, 3.05) is 13.7 Å². The van der Waals surface area contributed by atoms with Crippen LogP contribution in [0.2, 0.25) is 0 Å². The summed E-state index contributed by atoms with van der Waals surface area (Å²) < 4.78 is 13.1. The number of piperidine rings is 1. The first-order valence-corrected chi connectivity index (χ1v) is 11.5. The molecule has 1 N–H and O–H groups in total. The van der Waals surface area contributed by atoms with Gasteiger partial charge in [-0.15, -0.1) is 5.10 Å². The lowest BCUT2D eigenvalue weighted by atomic mass is 9.91. The molecule has 4 heterocycles. The van der Waals surface area contributed by atoms with Crippen LogP contribution in [0.4, 0.5) is 0 Å². The second kappa shape index (κ2) is 8.31. The van der Waals surface area contributed by atoms with Gasteiger partial charge in [-0.3, -0.25) is 19.7 Å². The molecule has 3 atom stereocenters. The third-order valence-electron chi connectivity index (χ3n) is 6.87. The van der Waals surface area contributed by atoms with E-state index in [1.807, 2.05) is 30.5 Å². The van der Waals surface area contributed by atoms with Crippen LogP contribution in [0.25, 0.3) is 11.3 Å². The van der Waals surface area contributed by atoms with Gasteiger partial charge in [0, 0.05) is 30.0 Å². The number of imide groups is 1. The molecular formula is C25H23N5O5. The van der Waals surface area contributed by atoms with Gasteiger partial charge in [-0.1, -0.05) is 23.4 Å². The van der Waals surface area contributed by atoms with E-state index in [1.54, 1.807) is 17.9 Å². The summed E-state index contributed by atoms with van der Waals surface area (Å²) in [4.78, 5) is 38.2. The number of rotatable bonds is 4. The van der Waals surface area contributed by atoms with Gasteiger partial charge in [0.1, 0.15) is 23.6 Å². The van der Waals surface area contributed by atoms with Gasteiger partial charge in [0.05, 0.1) is 25.6 Å². The summed E-state index contributed by atoms with van der Waals surface area (Å²) in [6.45, 7) is 0.702. The zero-order valence-corrected chi connectivity index (χ0v) is 19.0. The predicted octanol–water partition coefficient (Wildman–Crippen LogP) is 1.53. The minimum Gasteiger partial charge on any atom is -0.498 e. The van der Waals surface area contributed by atoms with Crippen LogP contribution in [0.1, 0.15) is 34.5 Å². The van der Waals surface area contributed by atoms with Crippen molar-refractivity contribution in [2.45, 2.75) is 31.5 Å². The van der Waals surface area contributed by atoms with Crippen LogP contribution in [0.3, 0.4) is 0 Å². The Bertz CT molecular complexity index is 1340. The Kier molecular flexibility index (Phi) is 5.10. The topological polar surface area (TPSA) is 116 Å². The van der Waals surface area contributed by atoms with Gasteiger partial charge >= 0.3 is 0 Å². The largest absolute Gasteiger partial charge is 0.498 e. The lowest BCUT2D eigenvalue weighted by Gasteiger charge is -2.31. The highest BCUT2D eigenvalue weighted by Crippen LogP contribution is 2.33. The van der Waals surface area contributed by atoms with E-state index in [1.165, 1.54) is 4.90 Å². The Morgan fingerprint density at radius 3 is 2.94 bits per heavy atom. The lowest BCUT2D eigenvalue weighted by molar-refractivity contribution is -0.136. The van der Waals surface area contributed by atoms with Crippen LogP contribution in [-0.2, 0) is 25.6 Å². The van der Waals surface area contributed by atoms with Crippen molar-refractivity contribution < 1.29 is 23.9 Å². The number of methoxy groups -OCH3 is 1. The third-order valence-corrected chi connectivity index (χ3v) is 6.87. The Balaban J connectivity index is 1.22. The number of carbonyl (C=O) groups is 3. The van der Waals surface area contributed by atoms with Gasteiger partial charge in [0.15, 0.2) is 0 Å². The minimum absolute atomic E-state index is 0.0631. The average molecular weight is 473 g/mol. The van der Waals surface area contributed by atoms with Crippen molar-refractivity contribution in [1.29, 1.82) is 0 Å². The third kappa shape index (κ3) is 3.66. The smallest absolute Gasteiger partial charge is 0.255 e. The zero-order chi connectivity index (χ0) is 24.1. The first kappa shape index (κ1) is 21.5. The Hall–Kier alpha value is -4.05. The number of aromatic nitrogens is 3. The fraction of sp³-hybridized carbons (Fsp3) is 0.320. The first-order valence-electron chi connectivity index (χ1n) is 11.5. The van der Waals surface area contributed by atoms with Crippen molar-refractivity contribution in [2.24, 2.45) is 5.92 Å². The van der Waals surface area contributed by atoms with Gasteiger partial charge in [-0.2, -0.15) is 0 Å². The number of benzene rings is 1. The molecule has 3 unspecified atom stereocenters. The van der Waals surface area contributed by atoms with Gasteiger partial charge < -0.3 is 14.4 Å². The maximum Gasteiger partial charge on any atom is 0.255 e. The van der Waals surface area contributed by atoms with E-state index in [2.05, 4.69) is 27.8 Å². The summed E-state index contributed by atoms with van der Waals surface area (Å²) in [7, 11) is 1.64. The molecule has 1 aliphatic carbocycles. The normalized spacial score (nSPS) is 25.6. The van der Waals surface area contributed by atoms with Crippen molar-refractivity contribution in [3.63, 3.8) is 0 Å². The molecule has 1 fully saturated rings. The minimum atomic E-state index is -0.640. The second-order valence-corrected chi connectivity index (χ2v) is 8.95. The molecule has 35 heavy (non-hydrogen) atoms. The molecule has 10 nitrogen and oxygen atoms in total. The number of carbonyl (C=O) groups excluding carboxylic acids is 3. The number of ether oxygens (including phenoxy) is 2. The molecule has 1 aromatic heterocycles. The fourth-order valence-electron chi connectivity index (χ4n) is 5.04. The average Bonchev–Trinajstić information content (AvgIpc) is 3.48. The van der Waals surface area contributed by atoms with Gasteiger partial charge in [-0.25, -0.2) is 4.68 Å². The number of allylic oxidation sites excluding steroid dienone is 2. The molecule has 2 aromatic rings. The summed E-state index contributed by atoms with van der Waals surface area (Å²) in [5.41, 5.74) is 3.78. The molecule has 6 rings (SSSR count). The Morgan fingerprint density at radius 2 is 2.11 bits per heavy atom. The van der Waals surface area contributed by atoms with Crippen LogP contribution in [0.5, 0.6) is 0 Å². The Morgan fingerprint density at radius 1 is 1.23 bits per heavy atom. The first-order chi connectivity index (χ1) is 17.0. The SMILES string of the molecule is COC1=CC=CC2C=C(c3cn(-c4ccc5c(c4)CN(C4CCC(=O)NC4=O)C5=O)nn3)COC12. The zero-order valence-electron chi connectivity index (χ0n) is 19.0. The van der Waals surface area contributed by atoms with E-state index < -0.39 is 11.9 Å². The summed E-state index contributed by atoms with van der Waals surface area (Å²) in [6.07, 6.45) is 10.3. The number of fused-ring (bicyclic) bond motifs is 2. The Labute approximate surface area is 200 Å². The van der Waals surface area contributed by atoms with Gasteiger partial charge in [0.2, 0.25) is 11.8 Å². The number of amides is 3. The highest BCUT2D eigenvalue weighted by Gasteiger charge is 2.39. The van der Waals surface area contributed by atoms with E-state index in [4.69, 9.17) is 9.47 Å². The standard InChI is InChI=1S/C25H23N5O5/c1-34-21-4-2-3-14-9-16(13-35-23(14)21)19-12-30(28-27-19)17-5-6-18-15(10-17)11-29(25(18)33)20-7-8-22(31)26-24(20)32/h2-6,9-10,12,14,20,23H,7-8,11,13H2,1H3,(H,26,31,32). The van der Waals surface area contributed by atoms with Gasteiger partial charge in [0.25, 0.3) is 5.91 Å². The molecular weight excluding hydrogens is 450 g/mol. The van der Waals surface area contributed by atoms with Crippen LogP contribution in [0.15, 0.2) is 54.5 Å². The van der Waals surface area contributed by atoms with Crippen molar-refractivity contribution in [3.8, 4) is 5.69 Å². The van der Waals surface area contributed by atoms with Crippen LogP contribution in [0, 0.1) is 5.92 Å². The molecule has 0 saturated carbocycles. The molecule has 3 aliphatic heterocycles. The van der Waals surface area contributed by atoms with Crippen molar-refractivity contribution in [3.05, 3.63) is 71.3 Å². The van der Waals surface area contributed by atoms with Crippen molar-refractivity contribution in [1.82, 2.24) is 25.2 Å². The molecule has 10 heteroatoms. The van der Waals surface area contributed by atoms with Crippen LogP contribution >= 0.6 is 0 Å². The molecule has 0 bridgehead atoms. The highest BCUT2D eigenvalue weighted by molar-refractivity contribution is 6.05. The highest BCUT2D eigenvalue weighted by atomic mass is 16.5. The fourth-order valence-corrected chi connectivity index (χ4v) is 5.04. The van der Waals surface area contributed by atoms with E-state index in [0.717, 1.165) is 22.6 Å². The van der Waals surface area contributed by atoms with Crippen LogP contribution in [-0.4, -0.2) is 63.5 Å². The molecule has 0 spiro atoms. The summed E-state index contributed by atoms with van der Waals surface area (Å²) in [5, 5.41) is 11.0. The molecule has 1 aromatic carbocycles. The number of hydrogen-bond donors (Lipinski definition) is 1.